The molecule has 2 aromatic carbocycles. The average Bonchev–Trinajstić information content (AvgIpc) is 2.76. The third kappa shape index (κ3) is 4.03. The van der Waals surface area contributed by atoms with Gasteiger partial charge in [0.2, 0.25) is 5.91 Å². The van der Waals surface area contributed by atoms with Crippen LogP contribution >= 0.6 is 11.8 Å². The van der Waals surface area contributed by atoms with Gasteiger partial charge < -0.3 is 19.7 Å². The van der Waals surface area contributed by atoms with E-state index in [9.17, 15) is 14.7 Å². The summed E-state index contributed by atoms with van der Waals surface area (Å²) in [6.45, 7) is 2.05. The summed E-state index contributed by atoms with van der Waals surface area (Å²) in [6, 6.07) is 12.9. The second-order valence-electron chi connectivity index (χ2n) is 7.47. The first-order chi connectivity index (χ1) is 14.9. The summed E-state index contributed by atoms with van der Waals surface area (Å²) in [5, 5.41) is 13.3. The molecular formula is C23H23N3O4S. The average molecular weight is 438 g/mol. The molecule has 1 aliphatic heterocycles. The maximum Gasteiger partial charge on any atom is 0.279 e. The van der Waals surface area contributed by atoms with Crippen LogP contribution in [-0.2, 0) is 17.6 Å². The number of benzene rings is 2. The summed E-state index contributed by atoms with van der Waals surface area (Å²) in [6.07, 6.45) is 0.119. The zero-order chi connectivity index (χ0) is 22.1. The van der Waals surface area contributed by atoms with Gasteiger partial charge in [0.1, 0.15) is 5.82 Å². The van der Waals surface area contributed by atoms with E-state index in [1.807, 2.05) is 25.1 Å². The normalized spacial score (nSPS) is 15.3. The number of nitrogens with zero attached hydrogens (tertiary/aromatic N) is 2. The molecule has 7 nitrogen and oxygen atoms in total. The van der Waals surface area contributed by atoms with Crippen LogP contribution in [0.25, 0.3) is 0 Å². The molecule has 3 aromatic rings. The number of carbonyl (C=O) groups is 1. The van der Waals surface area contributed by atoms with Gasteiger partial charge in [-0.2, -0.15) is 4.98 Å². The number of thioether (sulfide) groups is 1. The van der Waals surface area contributed by atoms with E-state index in [4.69, 9.17) is 4.74 Å². The highest BCUT2D eigenvalue weighted by molar-refractivity contribution is 7.98. The number of amides is 1. The van der Waals surface area contributed by atoms with Crippen molar-refractivity contribution in [3.8, 4) is 11.5 Å². The number of ether oxygens (including phenoxy) is 1. The van der Waals surface area contributed by atoms with Crippen molar-refractivity contribution in [3.05, 3.63) is 75.1 Å². The number of methoxy groups -OCH3 is 1. The number of aromatic nitrogens is 2. The van der Waals surface area contributed by atoms with E-state index >= 15 is 0 Å². The largest absolute Gasteiger partial charge is 0.504 e. The third-order valence-corrected chi connectivity index (χ3v) is 6.60. The fraction of sp³-hybridized carbons (Fsp3) is 0.261. The molecule has 1 amide bonds. The maximum atomic E-state index is 13.1. The second-order valence-corrected chi connectivity index (χ2v) is 8.41. The number of aromatic hydroxyl groups is 1. The van der Waals surface area contributed by atoms with Gasteiger partial charge in [-0.05, 0) is 35.7 Å². The smallest absolute Gasteiger partial charge is 0.279 e. The van der Waals surface area contributed by atoms with Gasteiger partial charge in [0.05, 0.1) is 12.7 Å². The molecule has 31 heavy (non-hydrogen) atoms. The lowest BCUT2D eigenvalue weighted by atomic mass is 9.86. The predicted molar refractivity (Wildman–Crippen MR) is 120 cm³/mol. The second kappa shape index (κ2) is 8.47. The van der Waals surface area contributed by atoms with E-state index in [1.54, 1.807) is 23.7 Å². The molecule has 0 fully saturated rings. The van der Waals surface area contributed by atoms with Crippen LogP contribution in [0, 0.1) is 6.92 Å². The van der Waals surface area contributed by atoms with Crippen molar-refractivity contribution in [3.63, 3.8) is 0 Å². The quantitative estimate of drug-likeness (QED) is 0.468. The molecule has 160 valence electrons. The van der Waals surface area contributed by atoms with E-state index in [-0.39, 0.29) is 23.6 Å². The van der Waals surface area contributed by atoms with Crippen molar-refractivity contribution < 1.29 is 14.6 Å². The highest BCUT2D eigenvalue weighted by atomic mass is 32.2. The highest BCUT2D eigenvalue weighted by Gasteiger charge is 2.32. The van der Waals surface area contributed by atoms with E-state index in [1.165, 1.54) is 30.5 Å². The van der Waals surface area contributed by atoms with Crippen LogP contribution in [0.15, 0.2) is 52.4 Å². The van der Waals surface area contributed by atoms with E-state index in [0.29, 0.717) is 33.6 Å². The van der Waals surface area contributed by atoms with Crippen molar-refractivity contribution >= 4 is 23.5 Å². The highest BCUT2D eigenvalue weighted by Crippen LogP contribution is 2.39. The Morgan fingerprint density at radius 1 is 1.26 bits per heavy atom. The number of hydrogen-bond donors (Lipinski definition) is 2. The lowest BCUT2D eigenvalue weighted by Gasteiger charge is -2.27. The van der Waals surface area contributed by atoms with Crippen LogP contribution in [0.1, 0.15) is 34.6 Å². The van der Waals surface area contributed by atoms with Gasteiger partial charge in [-0.15, -0.1) is 0 Å². The Kier molecular flexibility index (Phi) is 5.73. The first-order valence-electron chi connectivity index (χ1n) is 9.84. The van der Waals surface area contributed by atoms with Crippen LogP contribution in [-0.4, -0.2) is 27.7 Å². The summed E-state index contributed by atoms with van der Waals surface area (Å²) < 4.78 is 6.96. The molecule has 4 rings (SSSR count). The number of rotatable bonds is 5. The Balaban J connectivity index is 1.74. The Hall–Kier alpha value is -3.26. The number of phenols is 1. The van der Waals surface area contributed by atoms with Gasteiger partial charge in [0.15, 0.2) is 16.7 Å². The van der Waals surface area contributed by atoms with Gasteiger partial charge in [-0.3, -0.25) is 9.59 Å². The minimum atomic E-state index is -0.472. The molecule has 1 aliphatic rings. The molecule has 2 N–H and O–H groups in total. The van der Waals surface area contributed by atoms with Crippen LogP contribution in [0.4, 0.5) is 5.82 Å². The van der Waals surface area contributed by atoms with Crippen molar-refractivity contribution in [1.29, 1.82) is 0 Å². The standard InChI is InChI=1S/C23H23N3O4S/c1-13-6-4-5-7-15(13)12-31-23-25-22(29)20-16(11-19(28)24-21(20)26(23)2)14-8-9-17(27)18(10-14)30-3/h4-10,16,27H,11-12H2,1-3H3,(H,24,28)/t16-/m1/s1. The van der Waals surface area contributed by atoms with Crippen LogP contribution in [0.3, 0.4) is 0 Å². The molecule has 0 bridgehead atoms. The fourth-order valence-corrected chi connectivity index (χ4v) is 4.82. The van der Waals surface area contributed by atoms with Crippen LogP contribution in [0.2, 0.25) is 0 Å². The minimum absolute atomic E-state index is 0.000662. The Labute approximate surface area is 184 Å². The molecule has 8 heteroatoms. The fourth-order valence-electron chi connectivity index (χ4n) is 3.77. The number of anilines is 1. The summed E-state index contributed by atoms with van der Waals surface area (Å²) >= 11 is 1.46. The summed E-state index contributed by atoms with van der Waals surface area (Å²) in [5.74, 6) is 0.764. The maximum absolute atomic E-state index is 13.1. The molecule has 2 heterocycles. The molecule has 0 aliphatic carbocycles. The first-order valence-corrected chi connectivity index (χ1v) is 10.8. The van der Waals surface area contributed by atoms with Crippen molar-refractivity contribution in [1.82, 2.24) is 9.55 Å². The van der Waals surface area contributed by atoms with Crippen molar-refractivity contribution in [2.45, 2.75) is 30.2 Å². The SMILES string of the molecule is COc1cc([C@H]2CC(=O)Nc3c2c(=O)nc(SCc2ccccc2C)n3C)ccc1O. The van der Waals surface area contributed by atoms with Crippen LogP contribution < -0.4 is 15.6 Å². The summed E-state index contributed by atoms with van der Waals surface area (Å²) in [4.78, 5) is 29.9. The molecule has 0 radical (unpaired) electrons. The van der Waals surface area contributed by atoms with Gasteiger partial charge in [-0.25, -0.2) is 0 Å². The van der Waals surface area contributed by atoms with E-state index in [0.717, 1.165) is 5.56 Å². The Morgan fingerprint density at radius 3 is 2.77 bits per heavy atom. The van der Waals surface area contributed by atoms with Crippen molar-refractivity contribution in [2.24, 2.45) is 7.05 Å². The van der Waals surface area contributed by atoms with Gasteiger partial charge >= 0.3 is 0 Å². The molecule has 1 atom stereocenters. The number of hydrogen-bond acceptors (Lipinski definition) is 6. The number of carbonyl (C=O) groups excluding carboxylic acids is 1. The monoisotopic (exact) mass is 437 g/mol. The Bertz CT molecular complexity index is 1220. The topological polar surface area (TPSA) is 93.5 Å². The van der Waals surface area contributed by atoms with E-state index in [2.05, 4.69) is 16.4 Å². The van der Waals surface area contributed by atoms with Gasteiger partial charge in [0, 0.05) is 25.1 Å². The molecule has 0 saturated heterocycles. The van der Waals surface area contributed by atoms with Gasteiger partial charge in [0.25, 0.3) is 5.56 Å². The van der Waals surface area contributed by atoms with Crippen molar-refractivity contribution in [2.75, 3.05) is 12.4 Å². The number of fused-ring (bicyclic) bond motifs is 1. The number of phenolic OH excluding ortho intramolecular Hbond substituents is 1. The number of nitrogens with one attached hydrogen (secondary N) is 1. The molecule has 1 aromatic heterocycles. The molecule has 0 saturated carbocycles. The molecule has 0 spiro atoms. The zero-order valence-electron chi connectivity index (χ0n) is 17.5. The summed E-state index contributed by atoms with van der Waals surface area (Å²) in [7, 11) is 3.25. The minimum Gasteiger partial charge on any atom is -0.504 e. The Morgan fingerprint density at radius 2 is 2.03 bits per heavy atom. The summed E-state index contributed by atoms with van der Waals surface area (Å²) in [5.41, 5.74) is 3.13. The number of aryl methyl sites for hydroxylation is 1. The molecular weight excluding hydrogens is 414 g/mol. The van der Waals surface area contributed by atoms with Gasteiger partial charge in [-0.1, -0.05) is 42.1 Å². The van der Waals surface area contributed by atoms with Crippen LogP contribution in [0.5, 0.6) is 11.5 Å². The third-order valence-electron chi connectivity index (χ3n) is 5.53. The lowest BCUT2D eigenvalue weighted by molar-refractivity contribution is -0.116. The zero-order valence-corrected chi connectivity index (χ0v) is 18.3. The molecule has 0 unspecified atom stereocenters. The predicted octanol–water partition coefficient (Wildman–Crippen LogP) is 3.57. The van der Waals surface area contributed by atoms with E-state index < -0.39 is 5.92 Å². The first kappa shape index (κ1) is 21.0. The lowest BCUT2D eigenvalue weighted by Crippen LogP contribution is -2.33.